The summed E-state index contributed by atoms with van der Waals surface area (Å²) < 4.78 is 15.9. The Morgan fingerprint density at radius 1 is 0.974 bits per heavy atom. The summed E-state index contributed by atoms with van der Waals surface area (Å²) in [5, 5.41) is 55.0. The molecule has 11 nitrogen and oxygen atoms in total. The van der Waals surface area contributed by atoms with Gasteiger partial charge in [0.05, 0.1) is 11.7 Å². The van der Waals surface area contributed by atoms with Crippen molar-refractivity contribution >= 4 is 17.9 Å². The highest BCUT2D eigenvalue weighted by atomic mass is 16.6. The van der Waals surface area contributed by atoms with Gasteiger partial charge in [0, 0.05) is 30.4 Å². The summed E-state index contributed by atoms with van der Waals surface area (Å²) in [4.78, 5) is 36.6. The maximum atomic E-state index is 12.5. The molecule has 1 aliphatic rings. The first-order chi connectivity index (χ1) is 17.3. The predicted octanol–water partition coefficient (Wildman–Crippen LogP) is 0.855. The molecule has 0 bridgehead atoms. The maximum absolute atomic E-state index is 12.5. The van der Waals surface area contributed by atoms with Crippen LogP contribution in [-0.2, 0) is 28.6 Å². The molecule has 1 rings (SSSR count). The zero-order valence-corrected chi connectivity index (χ0v) is 23.3. The third-order valence-corrected chi connectivity index (χ3v) is 6.88. The third kappa shape index (κ3) is 7.73. The molecule has 11 heteroatoms. The molecule has 216 valence electrons. The largest absolute Gasteiger partial charge is 0.457 e. The van der Waals surface area contributed by atoms with E-state index in [1.165, 1.54) is 39.8 Å². The van der Waals surface area contributed by atoms with E-state index in [1.54, 1.807) is 13.8 Å². The van der Waals surface area contributed by atoms with Crippen molar-refractivity contribution < 1.29 is 54.1 Å². The van der Waals surface area contributed by atoms with Gasteiger partial charge in [-0.05, 0) is 54.0 Å². The van der Waals surface area contributed by atoms with Crippen molar-refractivity contribution in [3.8, 4) is 0 Å². The van der Waals surface area contributed by atoms with Gasteiger partial charge in [0.25, 0.3) is 0 Å². The molecule has 0 aromatic carbocycles. The zero-order valence-electron chi connectivity index (χ0n) is 23.3. The number of esters is 3. The smallest absolute Gasteiger partial charge is 0.333 e. The predicted molar refractivity (Wildman–Crippen MR) is 136 cm³/mol. The van der Waals surface area contributed by atoms with Crippen LogP contribution in [0.15, 0.2) is 35.5 Å². The van der Waals surface area contributed by atoms with Crippen LogP contribution in [0.2, 0.25) is 0 Å². The summed E-state index contributed by atoms with van der Waals surface area (Å²) in [6, 6.07) is 0. The monoisotopic (exact) mass is 542 g/mol. The Labute approximate surface area is 223 Å². The number of allylic oxidation sites excluding steroid dienone is 2. The van der Waals surface area contributed by atoms with Crippen LogP contribution in [0.4, 0.5) is 0 Å². The van der Waals surface area contributed by atoms with Crippen LogP contribution >= 0.6 is 0 Å². The van der Waals surface area contributed by atoms with E-state index in [0.29, 0.717) is 0 Å². The molecule has 0 aromatic rings. The average molecular weight is 543 g/mol. The molecule has 0 aliphatic heterocycles. The fourth-order valence-corrected chi connectivity index (χ4v) is 4.15. The Morgan fingerprint density at radius 2 is 1.42 bits per heavy atom. The van der Waals surface area contributed by atoms with E-state index in [2.05, 4.69) is 6.58 Å². The third-order valence-electron chi connectivity index (χ3n) is 6.88. The maximum Gasteiger partial charge on any atom is 0.333 e. The second-order valence-corrected chi connectivity index (χ2v) is 10.4. The first-order valence-corrected chi connectivity index (χ1v) is 12.3. The molecule has 1 fully saturated rings. The Balaban J connectivity index is 3.41. The van der Waals surface area contributed by atoms with Crippen molar-refractivity contribution in [2.24, 2.45) is 5.92 Å². The summed E-state index contributed by atoms with van der Waals surface area (Å²) >= 11 is 0. The molecule has 0 unspecified atom stereocenters. The van der Waals surface area contributed by atoms with Crippen molar-refractivity contribution in [1.82, 2.24) is 0 Å². The molecule has 0 heterocycles. The number of ether oxygens (including phenoxy) is 3. The van der Waals surface area contributed by atoms with E-state index in [9.17, 15) is 39.9 Å². The lowest BCUT2D eigenvalue weighted by Crippen LogP contribution is -2.70. The summed E-state index contributed by atoms with van der Waals surface area (Å²) in [6.45, 7) is 14.9. The van der Waals surface area contributed by atoms with Gasteiger partial charge >= 0.3 is 17.9 Å². The molecule has 8 atom stereocenters. The zero-order chi connectivity index (χ0) is 29.7. The molecule has 0 radical (unpaired) electrons. The van der Waals surface area contributed by atoms with E-state index in [4.69, 9.17) is 14.2 Å². The second kappa shape index (κ2) is 13.0. The van der Waals surface area contributed by atoms with Gasteiger partial charge in [-0.25, -0.2) is 9.59 Å². The van der Waals surface area contributed by atoms with Gasteiger partial charge in [0.15, 0.2) is 12.2 Å². The van der Waals surface area contributed by atoms with E-state index < -0.39 is 71.7 Å². The van der Waals surface area contributed by atoms with Crippen molar-refractivity contribution in [2.45, 2.75) is 110 Å². The highest BCUT2D eigenvalue weighted by molar-refractivity contribution is 5.88. The highest BCUT2D eigenvalue weighted by Gasteiger charge is 2.60. The minimum atomic E-state index is -2.23. The molecule has 1 saturated carbocycles. The normalized spacial score (nSPS) is 30.2. The Bertz CT molecular complexity index is 957. The van der Waals surface area contributed by atoms with Gasteiger partial charge in [-0.3, -0.25) is 4.79 Å². The van der Waals surface area contributed by atoms with Crippen LogP contribution in [0.3, 0.4) is 0 Å². The number of aliphatic hydroxyl groups is 5. The fourth-order valence-electron chi connectivity index (χ4n) is 4.15. The minimum Gasteiger partial charge on any atom is -0.457 e. The van der Waals surface area contributed by atoms with Gasteiger partial charge in [-0.2, -0.15) is 0 Å². The Hall–Kier alpha value is -2.57. The lowest BCUT2D eigenvalue weighted by molar-refractivity contribution is -0.257. The van der Waals surface area contributed by atoms with E-state index >= 15 is 0 Å². The van der Waals surface area contributed by atoms with E-state index in [0.717, 1.165) is 13.8 Å². The van der Waals surface area contributed by atoms with Gasteiger partial charge in [-0.15, -0.1) is 0 Å². The molecule has 5 N–H and O–H groups in total. The summed E-state index contributed by atoms with van der Waals surface area (Å²) in [6.07, 6.45) is -7.15. The van der Waals surface area contributed by atoms with Gasteiger partial charge in [-0.1, -0.05) is 18.7 Å². The van der Waals surface area contributed by atoms with Crippen LogP contribution in [0.1, 0.15) is 61.8 Å². The lowest BCUT2D eigenvalue weighted by Gasteiger charge is -2.51. The first-order valence-electron chi connectivity index (χ1n) is 12.3. The molecule has 38 heavy (non-hydrogen) atoms. The first kappa shape index (κ1) is 33.5. The van der Waals surface area contributed by atoms with Crippen molar-refractivity contribution in [3.05, 3.63) is 35.5 Å². The highest BCUT2D eigenvalue weighted by Crippen LogP contribution is 2.41. The van der Waals surface area contributed by atoms with E-state index in [-0.39, 0.29) is 23.1 Å². The summed E-state index contributed by atoms with van der Waals surface area (Å²) in [5.41, 5.74) is -3.57. The molecule has 0 spiro atoms. The number of hydrogen-bond donors (Lipinski definition) is 5. The average Bonchev–Trinajstić information content (AvgIpc) is 2.81. The van der Waals surface area contributed by atoms with Crippen LogP contribution in [0.25, 0.3) is 0 Å². The summed E-state index contributed by atoms with van der Waals surface area (Å²) in [5.74, 6) is -3.91. The second-order valence-electron chi connectivity index (χ2n) is 10.4. The fraction of sp³-hybridized carbons (Fsp3) is 0.667. The van der Waals surface area contributed by atoms with Crippen molar-refractivity contribution in [3.63, 3.8) is 0 Å². The standard InChI is InChI=1S/C27H42O11/c1-10-13(3)24(32)37-18(26(7,8)34)12-17(29)15(5)19-20(30)22(36-16(6)28)27(9,35)23(21(19)31)38-25(33)14(4)11-2/h10-11,17-23,29-31,34-35H,5,12H2,1-4,6-9H3/b13-10-,14-11-/t17-,18+,19-,20-,21+,22-,23+,27+/m0/s1. The van der Waals surface area contributed by atoms with Crippen LogP contribution < -0.4 is 0 Å². The molecular weight excluding hydrogens is 500 g/mol. The van der Waals surface area contributed by atoms with Crippen molar-refractivity contribution in [2.75, 3.05) is 0 Å². The number of aliphatic hydroxyl groups excluding tert-OH is 3. The Kier molecular flexibility index (Phi) is 11.4. The minimum absolute atomic E-state index is 0.171. The van der Waals surface area contributed by atoms with E-state index in [1.807, 2.05) is 0 Å². The number of rotatable bonds is 10. The van der Waals surface area contributed by atoms with Crippen LogP contribution in [-0.4, -0.2) is 91.3 Å². The molecule has 0 saturated heterocycles. The SMILES string of the molecule is C=C([C@@H]1[C@@H](O)[C@@H](OC(=O)/C(C)=C\C)[C@](C)(O)[C@@H](OC(C)=O)[C@H]1O)[C@@H](O)C[C@@H](OC(=O)/C(C)=C\C)C(C)(C)O. The molecule has 0 aromatic heterocycles. The molecule has 1 aliphatic carbocycles. The number of hydrogen-bond acceptors (Lipinski definition) is 11. The lowest BCUT2D eigenvalue weighted by atomic mass is 9.67. The van der Waals surface area contributed by atoms with Crippen molar-refractivity contribution in [1.29, 1.82) is 0 Å². The number of carbonyl (C=O) groups is 3. The molecule has 0 amide bonds. The van der Waals surface area contributed by atoms with Gasteiger partial charge in [0.2, 0.25) is 0 Å². The van der Waals surface area contributed by atoms with Crippen LogP contribution in [0, 0.1) is 5.92 Å². The number of carbonyl (C=O) groups excluding carboxylic acids is 3. The molecular formula is C27H42O11. The topological polar surface area (TPSA) is 180 Å². The van der Waals surface area contributed by atoms with Gasteiger partial charge in [0.1, 0.15) is 23.9 Å². The quantitative estimate of drug-likeness (QED) is 0.114. The summed E-state index contributed by atoms with van der Waals surface area (Å²) in [7, 11) is 0. The van der Waals surface area contributed by atoms with Crippen LogP contribution in [0.5, 0.6) is 0 Å². The van der Waals surface area contributed by atoms with Gasteiger partial charge < -0.3 is 39.7 Å². The Morgan fingerprint density at radius 3 is 1.84 bits per heavy atom.